The van der Waals surface area contributed by atoms with E-state index in [-0.39, 0.29) is 23.4 Å². The first-order chi connectivity index (χ1) is 19.5. The number of sulfonamides is 1. The van der Waals surface area contributed by atoms with Crippen molar-refractivity contribution in [1.29, 1.82) is 0 Å². The number of carbonyl (C=O) groups is 2. The van der Waals surface area contributed by atoms with Crippen LogP contribution in [0.5, 0.6) is 5.75 Å². The third kappa shape index (κ3) is 8.47. The molecule has 41 heavy (non-hydrogen) atoms. The second-order valence-corrected chi connectivity index (χ2v) is 12.2. The molecule has 1 N–H and O–H groups in total. The van der Waals surface area contributed by atoms with Gasteiger partial charge in [-0.25, -0.2) is 8.42 Å². The summed E-state index contributed by atoms with van der Waals surface area (Å²) in [6.45, 7) is 9.21. The summed E-state index contributed by atoms with van der Waals surface area (Å²) in [5.74, 6) is -0.323. The monoisotopic (exact) mass is 599 g/mol. The normalized spacial score (nSPS) is 12.7. The molecule has 0 aliphatic rings. The number of hydrogen-bond acceptors (Lipinski definition) is 5. The Morgan fingerprint density at radius 1 is 0.976 bits per heavy atom. The number of amides is 2. The molecule has 2 atom stereocenters. The quantitative estimate of drug-likeness (QED) is 0.277. The molecule has 2 unspecified atom stereocenters. The first-order valence-corrected chi connectivity index (χ1v) is 15.4. The Hall–Kier alpha value is -3.56. The number of anilines is 1. The van der Waals surface area contributed by atoms with E-state index in [4.69, 9.17) is 16.3 Å². The van der Waals surface area contributed by atoms with Gasteiger partial charge in [-0.3, -0.25) is 13.9 Å². The van der Waals surface area contributed by atoms with E-state index < -0.39 is 28.5 Å². The third-order valence-corrected chi connectivity index (χ3v) is 8.76. The zero-order valence-corrected chi connectivity index (χ0v) is 25.7. The van der Waals surface area contributed by atoms with E-state index >= 15 is 0 Å². The maximum Gasteiger partial charge on any atom is 0.264 e. The molecule has 0 bridgehead atoms. The highest BCUT2D eigenvalue weighted by Crippen LogP contribution is 2.26. The average molecular weight is 600 g/mol. The van der Waals surface area contributed by atoms with Crippen LogP contribution < -0.4 is 14.4 Å². The molecule has 220 valence electrons. The topological polar surface area (TPSA) is 96.0 Å². The zero-order chi connectivity index (χ0) is 30.2. The van der Waals surface area contributed by atoms with Crippen molar-refractivity contribution < 1.29 is 22.7 Å². The zero-order valence-electron chi connectivity index (χ0n) is 24.1. The molecule has 0 saturated heterocycles. The molecule has 0 aromatic heterocycles. The van der Waals surface area contributed by atoms with Gasteiger partial charge < -0.3 is 15.0 Å². The standard InChI is InChI=1S/C31H38ClN3O5S/c1-6-23(4)33-31(37)24(5)34(20-25-9-8-10-26(32)19-25)30(36)21-35(27-13-11-22(3)12-14-27)41(38,39)29-17-15-28(16-18-29)40-7-2/h8-19,23-24H,6-7,20-21H2,1-5H3,(H,33,37). The number of rotatable bonds is 13. The van der Waals surface area contributed by atoms with Crippen LogP contribution in [-0.4, -0.2) is 50.4 Å². The summed E-state index contributed by atoms with van der Waals surface area (Å²) >= 11 is 6.19. The number of nitrogens with one attached hydrogen (secondary N) is 1. The molecule has 8 nitrogen and oxygen atoms in total. The van der Waals surface area contributed by atoms with E-state index in [1.807, 2.05) is 27.7 Å². The number of benzene rings is 3. The van der Waals surface area contributed by atoms with Crippen molar-refractivity contribution in [2.24, 2.45) is 0 Å². The Morgan fingerprint density at radius 2 is 1.63 bits per heavy atom. The van der Waals surface area contributed by atoms with Crippen LogP contribution in [0.3, 0.4) is 0 Å². The lowest BCUT2D eigenvalue weighted by molar-refractivity contribution is -0.139. The minimum Gasteiger partial charge on any atom is -0.494 e. The highest BCUT2D eigenvalue weighted by molar-refractivity contribution is 7.92. The summed E-state index contributed by atoms with van der Waals surface area (Å²) in [4.78, 5) is 28.5. The lowest BCUT2D eigenvalue weighted by Gasteiger charge is -2.32. The van der Waals surface area contributed by atoms with Crippen LogP contribution in [0.15, 0.2) is 77.7 Å². The van der Waals surface area contributed by atoms with Gasteiger partial charge in [-0.05, 0) is 88.2 Å². The molecular formula is C31H38ClN3O5S. The fraction of sp³-hybridized carbons (Fsp3) is 0.355. The molecule has 3 rings (SSSR count). The van der Waals surface area contributed by atoms with Crippen molar-refractivity contribution in [2.75, 3.05) is 17.5 Å². The van der Waals surface area contributed by atoms with Crippen LogP contribution in [0, 0.1) is 6.92 Å². The van der Waals surface area contributed by atoms with E-state index in [2.05, 4.69) is 5.32 Å². The van der Waals surface area contributed by atoms with Crippen LogP contribution in [0.4, 0.5) is 5.69 Å². The minimum absolute atomic E-state index is 0.0123. The van der Waals surface area contributed by atoms with E-state index in [0.717, 1.165) is 16.3 Å². The maximum atomic E-state index is 14.0. The molecule has 2 amide bonds. The number of halogens is 1. The van der Waals surface area contributed by atoms with E-state index in [1.54, 1.807) is 67.6 Å². The Bertz CT molecular complexity index is 1430. The molecule has 0 aliphatic heterocycles. The second-order valence-electron chi connectivity index (χ2n) is 9.90. The molecule has 0 fully saturated rings. The molecule has 10 heteroatoms. The van der Waals surface area contributed by atoms with Gasteiger partial charge in [-0.2, -0.15) is 0 Å². The van der Waals surface area contributed by atoms with E-state index in [9.17, 15) is 18.0 Å². The average Bonchev–Trinajstić information content (AvgIpc) is 2.95. The number of hydrogen-bond donors (Lipinski definition) is 1. The Labute approximate surface area is 248 Å². The van der Waals surface area contributed by atoms with Crippen molar-refractivity contribution in [3.05, 3.63) is 88.9 Å². The number of nitrogens with zero attached hydrogens (tertiary/aromatic N) is 2. The van der Waals surface area contributed by atoms with Gasteiger partial charge in [0.05, 0.1) is 17.2 Å². The smallest absolute Gasteiger partial charge is 0.264 e. The molecule has 0 aliphatic carbocycles. The van der Waals surface area contributed by atoms with Gasteiger partial charge >= 0.3 is 0 Å². The highest BCUT2D eigenvalue weighted by Gasteiger charge is 2.32. The van der Waals surface area contributed by atoms with Crippen LogP contribution in [0.1, 0.15) is 45.2 Å². The molecule has 3 aromatic rings. The first-order valence-electron chi connectivity index (χ1n) is 13.6. The Morgan fingerprint density at radius 3 is 2.22 bits per heavy atom. The summed E-state index contributed by atoms with van der Waals surface area (Å²) in [6, 6.07) is 19.0. The largest absolute Gasteiger partial charge is 0.494 e. The fourth-order valence-electron chi connectivity index (χ4n) is 4.12. The van der Waals surface area contributed by atoms with E-state index in [1.165, 1.54) is 17.0 Å². The van der Waals surface area contributed by atoms with Crippen molar-refractivity contribution in [3.8, 4) is 5.75 Å². The van der Waals surface area contributed by atoms with Crippen molar-refractivity contribution >= 4 is 39.1 Å². The van der Waals surface area contributed by atoms with Crippen LogP contribution in [0.25, 0.3) is 0 Å². The number of aryl methyl sites for hydroxylation is 1. The summed E-state index contributed by atoms with van der Waals surface area (Å²) in [5.41, 5.74) is 1.99. The summed E-state index contributed by atoms with van der Waals surface area (Å²) in [5, 5.41) is 3.41. The summed E-state index contributed by atoms with van der Waals surface area (Å²) < 4.78 is 34.4. The minimum atomic E-state index is -4.17. The van der Waals surface area contributed by atoms with Crippen LogP contribution in [-0.2, 0) is 26.2 Å². The molecule has 0 spiro atoms. The van der Waals surface area contributed by atoms with Crippen LogP contribution >= 0.6 is 11.6 Å². The van der Waals surface area contributed by atoms with Crippen LogP contribution in [0.2, 0.25) is 5.02 Å². The summed E-state index contributed by atoms with van der Waals surface area (Å²) in [6.07, 6.45) is 0.724. The fourth-order valence-corrected chi connectivity index (χ4v) is 5.75. The second kappa shape index (κ2) is 14.4. The lowest BCUT2D eigenvalue weighted by atomic mass is 10.1. The Kier molecular flexibility index (Phi) is 11.2. The molecular weight excluding hydrogens is 562 g/mol. The SMILES string of the molecule is CCOc1ccc(S(=O)(=O)N(CC(=O)N(Cc2cccc(Cl)c2)C(C)C(=O)NC(C)CC)c2ccc(C)cc2)cc1. The molecule has 3 aromatic carbocycles. The first kappa shape index (κ1) is 32.0. The van der Waals surface area contributed by atoms with Gasteiger partial charge in [0.25, 0.3) is 10.0 Å². The van der Waals surface area contributed by atoms with Crippen molar-refractivity contribution in [3.63, 3.8) is 0 Å². The Balaban J connectivity index is 2.01. The van der Waals surface area contributed by atoms with Gasteiger partial charge in [-0.15, -0.1) is 0 Å². The van der Waals surface area contributed by atoms with Gasteiger partial charge in [0.1, 0.15) is 18.3 Å². The van der Waals surface area contributed by atoms with Crippen molar-refractivity contribution in [2.45, 2.75) is 64.6 Å². The van der Waals surface area contributed by atoms with Gasteiger partial charge in [0.2, 0.25) is 11.8 Å². The molecule has 0 heterocycles. The van der Waals surface area contributed by atoms with Gasteiger partial charge in [0.15, 0.2) is 0 Å². The third-order valence-electron chi connectivity index (χ3n) is 6.73. The predicted molar refractivity (Wildman–Crippen MR) is 163 cm³/mol. The summed E-state index contributed by atoms with van der Waals surface area (Å²) in [7, 11) is -4.17. The highest BCUT2D eigenvalue weighted by atomic mass is 35.5. The lowest BCUT2D eigenvalue weighted by Crippen LogP contribution is -2.52. The molecule has 0 radical (unpaired) electrons. The van der Waals surface area contributed by atoms with Gasteiger partial charge in [0, 0.05) is 17.6 Å². The van der Waals surface area contributed by atoms with E-state index in [0.29, 0.717) is 28.6 Å². The molecule has 0 saturated carbocycles. The maximum absolute atomic E-state index is 14.0. The van der Waals surface area contributed by atoms with Crippen molar-refractivity contribution in [1.82, 2.24) is 10.2 Å². The van der Waals surface area contributed by atoms with Gasteiger partial charge in [-0.1, -0.05) is 48.4 Å². The number of carbonyl (C=O) groups excluding carboxylic acids is 2. The number of ether oxygens (including phenoxy) is 1. The predicted octanol–water partition coefficient (Wildman–Crippen LogP) is 5.57.